The molecule has 0 saturated carbocycles. The van der Waals surface area contributed by atoms with Gasteiger partial charge in [0.2, 0.25) is 0 Å². The van der Waals surface area contributed by atoms with E-state index in [1.165, 1.54) is 0 Å². The van der Waals surface area contributed by atoms with Crippen LogP contribution in [-0.4, -0.2) is 15.3 Å². The van der Waals surface area contributed by atoms with Crippen LogP contribution >= 0.6 is 0 Å². The molecule has 0 aromatic carbocycles. The van der Waals surface area contributed by atoms with Crippen molar-refractivity contribution >= 4 is 0 Å². The predicted molar refractivity (Wildman–Crippen MR) is 86.8 cm³/mol. The third-order valence-electron chi connectivity index (χ3n) is 3.70. The van der Waals surface area contributed by atoms with Crippen molar-refractivity contribution in [3.63, 3.8) is 0 Å². The van der Waals surface area contributed by atoms with Gasteiger partial charge in [-0.15, -0.1) is 0 Å². The molecule has 0 unspecified atom stereocenters. The molecule has 0 aliphatic heterocycles. The maximum absolute atomic E-state index is 4.71. The van der Waals surface area contributed by atoms with Crippen LogP contribution in [0.2, 0.25) is 0 Å². The Morgan fingerprint density at radius 2 is 1.75 bits per heavy atom. The first-order chi connectivity index (χ1) is 9.17. The lowest BCUT2D eigenvalue weighted by atomic mass is 9.82. The Labute approximate surface area is 125 Å². The second kappa shape index (κ2) is 6.75. The molecule has 0 atom stereocenters. The average molecular weight is 279 g/mol. The van der Waals surface area contributed by atoms with Crippen molar-refractivity contribution in [1.82, 2.24) is 15.1 Å². The van der Waals surface area contributed by atoms with Crippen LogP contribution in [0.15, 0.2) is 12.3 Å². The Balaban J connectivity index is 2.58. The van der Waals surface area contributed by atoms with Crippen molar-refractivity contribution < 1.29 is 0 Å². The van der Waals surface area contributed by atoms with Crippen LogP contribution in [0.25, 0.3) is 0 Å². The van der Waals surface area contributed by atoms with Gasteiger partial charge in [-0.1, -0.05) is 34.6 Å². The number of nitrogens with one attached hydrogen (secondary N) is 1. The molecule has 116 valence electrons. The third kappa shape index (κ3) is 5.66. The van der Waals surface area contributed by atoms with E-state index in [-0.39, 0.29) is 5.54 Å². The first kappa shape index (κ1) is 17.2. The average Bonchev–Trinajstić information content (AvgIpc) is 2.74. The molecule has 0 fully saturated rings. The van der Waals surface area contributed by atoms with Gasteiger partial charge >= 0.3 is 0 Å². The molecule has 3 nitrogen and oxygen atoms in total. The molecule has 0 saturated heterocycles. The van der Waals surface area contributed by atoms with Gasteiger partial charge in [-0.05, 0) is 44.6 Å². The molecule has 0 amide bonds. The fraction of sp³-hybridized carbons (Fsp3) is 0.824. The number of hydrogen-bond acceptors (Lipinski definition) is 2. The molecule has 1 aromatic heterocycles. The molecule has 1 rings (SSSR count). The first-order valence-electron chi connectivity index (χ1n) is 7.96. The van der Waals surface area contributed by atoms with E-state index in [2.05, 4.69) is 70.7 Å². The zero-order valence-electron chi connectivity index (χ0n) is 14.5. The summed E-state index contributed by atoms with van der Waals surface area (Å²) in [6.45, 7) is 16.7. The first-order valence-corrected chi connectivity index (χ1v) is 7.96. The number of rotatable bonds is 7. The van der Waals surface area contributed by atoms with E-state index in [0.717, 1.165) is 31.5 Å². The molecule has 0 bridgehead atoms. The van der Waals surface area contributed by atoms with Gasteiger partial charge in [0.05, 0.1) is 11.7 Å². The fourth-order valence-electron chi connectivity index (χ4n) is 3.06. The molecule has 0 aliphatic rings. The zero-order chi connectivity index (χ0) is 15.4. The molecular formula is C17H33N3. The fourth-order valence-corrected chi connectivity index (χ4v) is 3.06. The van der Waals surface area contributed by atoms with Gasteiger partial charge in [0.1, 0.15) is 0 Å². The topological polar surface area (TPSA) is 29.9 Å². The summed E-state index contributed by atoms with van der Waals surface area (Å²) in [6.07, 6.45) is 5.54. The molecule has 0 aliphatic carbocycles. The zero-order valence-corrected chi connectivity index (χ0v) is 14.5. The van der Waals surface area contributed by atoms with Gasteiger partial charge in [-0.25, -0.2) is 0 Å². The van der Waals surface area contributed by atoms with Crippen LogP contribution in [0.1, 0.15) is 79.5 Å². The predicted octanol–water partition coefficient (Wildman–Crippen LogP) is 4.55. The summed E-state index contributed by atoms with van der Waals surface area (Å²) >= 11 is 0. The molecule has 0 spiro atoms. The highest BCUT2D eigenvalue weighted by Gasteiger charge is 2.25. The highest BCUT2D eigenvalue weighted by molar-refractivity contribution is 5.00. The lowest BCUT2D eigenvalue weighted by Gasteiger charge is -2.33. The van der Waals surface area contributed by atoms with Crippen molar-refractivity contribution in [3.8, 4) is 0 Å². The summed E-state index contributed by atoms with van der Waals surface area (Å²) in [4.78, 5) is 0. The maximum Gasteiger partial charge on any atom is 0.0762 e. The van der Waals surface area contributed by atoms with Crippen LogP contribution in [-0.2, 0) is 6.54 Å². The Bertz CT molecular complexity index is 395. The Hall–Kier alpha value is -0.830. The monoisotopic (exact) mass is 279 g/mol. The quantitative estimate of drug-likeness (QED) is 0.793. The van der Waals surface area contributed by atoms with E-state index < -0.39 is 0 Å². The summed E-state index contributed by atoms with van der Waals surface area (Å²) < 4.78 is 2.12. The number of hydrogen-bond donors (Lipinski definition) is 1. The van der Waals surface area contributed by atoms with Crippen molar-refractivity contribution in [2.45, 2.75) is 85.9 Å². The van der Waals surface area contributed by atoms with Crippen LogP contribution in [0, 0.1) is 5.41 Å². The third-order valence-corrected chi connectivity index (χ3v) is 3.70. The number of aromatic nitrogens is 2. The minimum atomic E-state index is 0.136. The molecule has 1 N–H and O–H groups in total. The normalized spacial score (nSPS) is 13.2. The summed E-state index contributed by atoms with van der Waals surface area (Å²) in [7, 11) is 0. The highest BCUT2D eigenvalue weighted by atomic mass is 15.3. The molecule has 1 heterocycles. The van der Waals surface area contributed by atoms with Gasteiger partial charge in [0.25, 0.3) is 0 Å². The minimum Gasteiger partial charge on any atom is -0.306 e. The summed E-state index contributed by atoms with van der Waals surface area (Å²) in [5, 5.41) is 8.35. The second-order valence-electron chi connectivity index (χ2n) is 7.73. The molecular weight excluding hydrogens is 246 g/mol. The second-order valence-corrected chi connectivity index (χ2v) is 7.73. The van der Waals surface area contributed by atoms with E-state index in [1.807, 2.05) is 0 Å². The molecule has 0 radical (unpaired) electrons. The summed E-state index contributed by atoms with van der Waals surface area (Å²) in [6, 6.07) is 2.67. The smallest absolute Gasteiger partial charge is 0.0762 e. The lowest BCUT2D eigenvalue weighted by molar-refractivity contribution is 0.239. The Morgan fingerprint density at radius 1 is 1.15 bits per heavy atom. The van der Waals surface area contributed by atoms with Crippen LogP contribution in [0.5, 0.6) is 0 Å². The van der Waals surface area contributed by atoms with E-state index in [9.17, 15) is 0 Å². The van der Waals surface area contributed by atoms with Gasteiger partial charge < -0.3 is 5.32 Å². The standard InChI is InChI=1S/C17H33N3/c1-8-15(9-2)20-11-10-14(19-20)12-18-17(6,7)13-16(3,4)5/h10-11,15,18H,8-9,12-13H2,1-7H3. The van der Waals surface area contributed by atoms with Gasteiger partial charge in [-0.3, -0.25) is 4.68 Å². The SMILES string of the molecule is CCC(CC)n1ccc(CNC(C)(C)CC(C)(C)C)n1. The van der Waals surface area contributed by atoms with E-state index in [1.54, 1.807) is 0 Å². The molecule has 3 heteroatoms. The van der Waals surface area contributed by atoms with Gasteiger partial charge in [0, 0.05) is 18.3 Å². The van der Waals surface area contributed by atoms with Crippen LogP contribution < -0.4 is 5.32 Å². The number of nitrogens with zero attached hydrogens (tertiary/aromatic N) is 2. The van der Waals surface area contributed by atoms with Crippen molar-refractivity contribution in [2.75, 3.05) is 0 Å². The summed E-state index contributed by atoms with van der Waals surface area (Å²) in [5.74, 6) is 0. The van der Waals surface area contributed by atoms with Gasteiger partial charge in [0.15, 0.2) is 0 Å². The van der Waals surface area contributed by atoms with Crippen LogP contribution in [0.3, 0.4) is 0 Å². The van der Waals surface area contributed by atoms with E-state index >= 15 is 0 Å². The summed E-state index contributed by atoms with van der Waals surface area (Å²) in [5.41, 5.74) is 1.61. The van der Waals surface area contributed by atoms with E-state index in [0.29, 0.717) is 11.5 Å². The van der Waals surface area contributed by atoms with Crippen molar-refractivity contribution in [1.29, 1.82) is 0 Å². The van der Waals surface area contributed by atoms with Crippen molar-refractivity contribution in [3.05, 3.63) is 18.0 Å². The molecule has 20 heavy (non-hydrogen) atoms. The molecule has 1 aromatic rings. The van der Waals surface area contributed by atoms with Gasteiger partial charge in [-0.2, -0.15) is 5.10 Å². The Morgan fingerprint density at radius 3 is 2.25 bits per heavy atom. The highest BCUT2D eigenvalue weighted by Crippen LogP contribution is 2.27. The van der Waals surface area contributed by atoms with E-state index in [4.69, 9.17) is 5.10 Å². The van der Waals surface area contributed by atoms with Crippen molar-refractivity contribution in [2.24, 2.45) is 5.41 Å². The maximum atomic E-state index is 4.71. The lowest BCUT2D eigenvalue weighted by Crippen LogP contribution is -2.41. The van der Waals surface area contributed by atoms with Crippen LogP contribution in [0.4, 0.5) is 0 Å². The Kier molecular flexibility index (Phi) is 5.81. The minimum absolute atomic E-state index is 0.136. The largest absolute Gasteiger partial charge is 0.306 e.